The third-order valence-electron chi connectivity index (χ3n) is 2.11. The molecule has 0 atom stereocenters. The Morgan fingerprint density at radius 3 is 1.81 bits per heavy atom. The van der Waals surface area contributed by atoms with E-state index in [0.29, 0.717) is 0 Å². The molecule has 0 amide bonds. The maximum atomic E-state index is 13.0. The van der Waals surface area contributed by atoms with Crippen LogP contribution in [0.5, 0.6) is 0 Å². The van der Waals surface area contributed by atoms with E-state index in [0.717, 1.165) is 0 Å². The van der Waals surface area contributed by atoms with Gasteiger partial charge in [0.2, 0.25) is 5.78 Å². The average Bonchev–Trinajstić information content (AvgIpc) is 2.74. The van der Waals surface area contributed by atoms with Gasteiger partial charge in [0.1, 0.15) is 0 Å². The number of nitrogens with zero attached hydrogens (tertiary/aromatic N) is 1. The second kappa shape index (κ2) is 4.59. The quantitative estimate of drug-likeness (QED) is 0.626. The molecule has 0 fully saturated rings. The van der Waals surface area contributed by atoms with Gasteiger partial charge in [-0.1, -0.05) is 5.16 Å². The van der Waals surface area contributed by atoms with Gasteiger partial charge < -0.3 is 4.52 Å². The molecule has 21 heavy (non-hydrogen) atoms. The third-order valence-corrected chi connectivity index (χ3v) is 2.11. The summed E-state index contributed by atoms with van der Waals surface area (Å²) in [6.07, 6.45) is -12.8. The fourth-order valence-electron chi connectivity index (χ4n) is 1.10. The van der Waals surface area contributed by atoms with Gasteiger partial charge in [-0.3, -0.25) is 4.79 Å². The fraction of sp³-hybridized carbons (Fsp3) is 0.500. The molecule has 0 aliphatic heterocycles. The van der Waals surface area contributed by atoms with Crippen LogP contribution in [0, 0.1) is 0 Å². The molecule has 3 nitrogen and oxygen atoms in total. The summed E-state index contributed by atoms with van der Waals surface area (Å²) in [5.74, 6) is -19.3. The van der Waals surface area contributed by atoms with Gasteiger partial charge in [0, 0.05) is 0 Å². The van der Waals surface area contributed by atoms with E-state index in [9.17, 15) is 48.7 Å². The lowest BCUT2D eigenvalue weighted by molar-refractivity contribution is -0.339. The normalized spacial score (nSPS) is 14.4. The summed E-state index contributed by atoms with van der Waals surface area (Å²) in [5, 5.41) is 2.29. The van der Waals surface area contributed by atoms with E-state index in [-0.39, 0.29) is 6.20 Å². The van der Waals surface area contributed by atoms with Crippen LogP contribution >= 0.6 is 0 Å². The molecule has 0 N–H and O–H groups in total. The highest BCUT2D eigenvalue weighted by molar-refractivity contribution is 6.02. The predicted octanol–water partition coefficient (Wildman–Crippen LogP) is 3.71. The van der Waals surface area contributed by atoms with E-state index in [1.165, 1.54) is 0 Å². The molecule has 1 rings (SSSR count). The molecule has 0 aliphatic rings. The number of hydrogen-bond donors (Lipinski definition) is 0. The number of aromatic nitrogens is 1. The van der Waals surface area contributed by atoms with E-state index in [4.69, 9.17) is 0 Å². The monoisotopic (exact) mass is 333 g/mol. The zero-order valence-electron chi connectivity index (χ0n) is 9.12. The standard InChI is InChI=1S/C8HF10NO2/c9-5(10,7(14,15)8(16,17)18)3(20)2-1-19-21-4(2)6(11,12)13/h1H. The number of halogens is 10. The number of ketones is 1. The van der Waals surface area contributed by atoms with Crippen molar-refractivity contribution in [1.82, 2.24) is 5.16 Å². The first kappa shape index (κ1) is 17.2. The minimum atomic E-state index is -6.88. The minimum Gasteiger partial charge on any atom is -0.351 e. The van der Waals surface area contributed by atoms with Crippen LogP contribution in [0.2, 0.25) is 0 Å². The van der Waals surface area contributed by atoms with Gasteiger partial charge in [-0.05, 0) is 0 Å². The second-order valence-corrected chi connectivity index (χ2v) is 3.54. The molecule has 120 valence electrons. The highest BCUT2D eigenvalue weighted by Crippen LogP contribution is 2.48. The number of alkyl halides is 10. The molecule has 0 unspecified atom stereocenters. The van der Waals surface area contributed by atoms with Crippen LogP contribution in [0.4, 0.5) is 43.9 Å². The van der Waals surface area contributed by atoms with Crippen molar-refractivity contribution in [3.05, 3.63) is 17.5 Å². The Kier molecular flexibility index (Phi) is 3.77. The lowest BCUT2D eigenvalue weighted by atomic mass is 10.0. The van der Waals surface area contributed by atoms with E-state index in [2.05, 4.69) is 9.68 Å². The van der Waals surface area contributed by atoms with Crippen LogP contribution in [0.15, 0.2) is 10.7 Å². The Labute approximate surface area is 107 Å². The molecule has 1 aromatic rings. The van der Waals surface area contributed by atoms with Gasteiger partial charge >= 0.3 is 24.2 Å². The number of carbonyl (C=O) groups is 1. The van der Waals surface area contributed by atoms with Crippen LogP contribution in [0.3, 0.4) is 0 Å². The molecule has 1 heterocycles. The number of Topliss-reactive ketones (excluding diaryl/α,β-unsaturated/α-hetero) is 1. The zero-order valence-corrected chi connectivity index (χ0v) is 9.12. The van der Waals surface area contributed by atoms with Gasteiger partial charge in [-0.25, -0.2) is 0 Å². The first-order valence-corrected chi connectivity index (χ1v) is 4.53. The molecular weight excluding hydrogens is 332 g/mol. The fourth-order valence-corrected chi connectivity index (χ4v) is 1.10. The van der Waals surface area contributed by atoms with Crippen LogP contribution < -0.4 is 0 Å². The molecule has 0 saturated carbocycles. The van der Waals surface area contributed by atoms with Crippen LogP contribution in [0.25, 0.3) is 0 Å². The molecule has 0 aliphatic carbocycles. The van der Waals surface area contributed by atoms with Crippen LogP contribution in [-0.2, 0) is 6.18 Å². The third kappa shape index (κ3) is 2.68. The van der Waals surface area contributed by atoms with Crippen molar-refractivity contribution in [2.45, 2.75) is 24.2 Å². The lowest BCUT2D eigenvalue weighted by Gasteiger charge is -2.26. The predicted molar refractivity (Wildman–Crippen MR) is 41.8 cm³/mol. The summed E-state index contributed by atoms with van der Waals surface area (Å²) in [6, 6.07) is 0. The summed E-state index contributed by atoms with van der Waals surface area (Å²) in [4.78, 5) is 11.0. The van der Waals surface area contributed by atoms with Crippen LogP contribution in [-0.4, -0.2) is 29.0 Å². The zero-order chi connectivity index (χ0) is 16.9. The molecule has 0 saturated heterocycles. The van der Waals surface area contributed by atoms with Crippen LogP contribution in [0.1, 0.15) is 16.1 Å². The van der Waals surface area contributed by atoms with Crippen molar-refractivity contribution in [1.29, 1.82) is 0 Å². The van der Waals surface area contributed by atoms with E-state index >= 15 is 0 Å². The minimum absolute atomic E-state index is 0.328. The topological polar surface area (TPSA) is 43.1 Å². The number of rotatable bonds is 3. The highest BCUT2D eigenvalue weighted by Gasteiger charge is 2.76. The molecule has 0 bridgehead atoms. The van der Waals surface area contributed by atoms with E-state index in [1.807, 2.05) is 0 Å². The van der Waals surface area contributed by atoms with Crippen molar-refractivity contribution in [3.8, 4) is 0 Å². The van der Waals surface area contributed by atoms with Gasteiger partial charge in [0.15, 0.2) is 0 Å². The SMILES string of the molecule is O=C(c1cnoc1C(F)(F)F)C(F)(F)C(F)(F)C(F)(F)F. The smallest absolute Gasteiger partial charge is 0.351 e. The lowest BCUT2D eigenvalue weighted by Crippen LogP contribution is -2.56. The second-order valence-electron chi connectivity index (χ2n) is 3.54. The summed E-state index contributed by atoms with van der Waals surface area (Å²) >= 11 is 0. The Balaban J connectivity index is 3.35. The van der Waals surface area contributed by atoms with Gasteiger partial charge in [0.25, 0.3) is 5.76 Å². The van der Waals surface area contributed by atoms with Gasteiger partial charge in [-0.15, -0.1) is 0 Å². The molecule has 0 radical (unpaired) electrons. The first-order valence-electron chi connectivity index (χ1n) is 4.53. The van der Waals surface area contributed by atoms with Gasteiger partial charge in [0.05, 0.1) is 11.8 Å². The Hall–Kier alpha value is -1.82. The molecule has 0 spiro atoms. The number of hydrogen-bond acceptors (Lipinski definition) is 3. The maximum Gasteiger partial charge on any atom is 0.460 e. The summed E-state index contributed by atoms with van der Waals surface area (Å²) in [5.41, 5.74) is -2.24. The Morgan fingerprint density at radius 2 is 1.43 bits per heavy atom. The van der Waals surface area contributed by atoms with Crippen molar-refractivity contribution in [3.63, 3.8) is 0 Å². The van der Waals surface area contributed by atoms with Crippen molar-refractivity contribution < 1.29 is 53.2 Å². The van der Waals surface area contributed by atoms with Crippen molar-refractivity contribution in [2.75, 3.05) is 0 Å². The maximum absolute atomic E-state index is 13.0. The molecule has 13 heteroatoms. The van der Waals surface area contributed by atoms with E-state index < -0.39 is 41.3 Å². The summed E-state index contributed by atoms with van der Waals surface area (Å²) in [7, 11) is 0. The Morgan fingerprint density at radius 1 is 0.952 bits per heavy atom. The molecule has 1 aromatic heterocycles. The van der Waals surface area contributed by atoms with Crippen molar-refractivity contribution >= 4 is 5.78 Å². The summed E-state index contributed by atoms with van der Waals surface area (Å²) in [6.45, 7) is 0. The largest absolute Gasteiger partial charge is 0.460 e. The average molecular weight is 333 g/mol. The molecular formula is C8HF10NO2. The Bertz CT molecular complexity index is 540. The van der Waals surface area contributed by atoms with Gasteiger partial charge in [-0.2, -0.15) is 43.9 Å². The first-order chi connectivity index (χ1) is 9.14. The molecule has 0 aromatic carbocycles. The van der Waals surface area contributed by atoms with Crippen molar-refractivity contribution in [2.24, 2.45) is 0 Å². The number of carbonyl (C=O) groups excluding carboxylic acids is 1. The summed E-state index contributed by atoms with van der Waals surface area (Å²) < 4.78 is 127. The highest BCUT2D eigenvalue weighted by atomic mass is 19.4. The van der Waals surface area contributed by atoms with E-state index in [1.54, 1.807) is 0 Å².